The molecule has 4 heteroatoms. The standard InChI is InChI=1S/C10H17N3O/c14-10(12-6-2-1-3-6)13-9-7-4-11-5-8(7)9/h6-9,11H,1-5H2,(H2,12,13,14). The number of nitrogens with one attached hydrogen (secondary N) is 3. The lowest BCUT2D eigenvalue weighted by Gasteiger charge is -2.26. The van der Waals surface area contributed by atoms with Gasteiger partial charge in [0, 0.05) is 25.2 Å². The van der Waals surface area contributed by atoms with Crippen molar-refractivity contribution in [2.24, 2.45) is 11.8 Å². The van der Waals surface area contributed by atoms with E-state index in [4.69, 9.17) is 0 Å². The topological polar surface area (TPSA) is 53.2 Å². The van der Waals surface area contributed by atoms with E-state index in [1.54, 1.807) is 0 Å². The minimum atomic E-state index is 0.0501. The first-order valence-electron chi connectivity index (χ1n) is 5.62. The Balaban J connectivity index is 1.42. The monoisotopic (exact) mass is 195 g/mol. The molecule has 3 aliphatic rings. The number of hydrogen-bond acceptors (Lipinski definition) is 2. The van der Waals surface area contributed by atoms with Crippen LogP contribution in [0.4, 0.5) is 4.79 Å². The molecule has 2 unspecified atom stereocenters. The van der Waals surface area contributed by atoms with E-state index in [9.17, 15) is 4.79 Å². The molecule has 0 spiro atoms. The van der Waals surface area contributed by atoms with Crippen molar-refractivity contribution in [2.45, 2.75) is 31.3 Å². The third-order valence-corrected chi connectivity index (χ3v) is 3.83. The van der Waals surface area contributed by atoms with Gasteiger partial charge in [0.1, 0.15) is 0 Å². The highest BCUT2D eigenvalue weighted by Gasteiger charge is 2.53. The zero-order chi connectivity index (χ0) is 9.54. The molecule has 78 valence electrons. The molecule has 2 aliphatic carbocycles. The number of carbonyl (C=O) groups is 1. The Bertz CT molecular complexity index is 242. The summed E-state index contributed by atoms with van der Waals surface area (Å²) in [5.41, 5.74) is 0. The second-order valence-corrected chi connectivity index (χ2v) is 4.76. The van der Waals surface area contributed by atoms with E-state index in [-0.39, 0.29) is 6.03 Å². The molecule has 1 saturated heterocycles. The summed E-state index contributed by atoms with van der Waals surface area (Å²) < 4.78 is 0. The SMILES string of the molecule is O=C(NC1CCC1)NC1C2CNCC21. The Morgan fingerprint density at radius 1 is 1.14 bits per heavy atom. The summed E-state index contributed by atoms with van der Waals surface area (Å²) >= 11 is 0. The van der Waals surface area contributed by atoms with E-state index in [2.05, 4.69) is 16.0 Å². The maximum Gasteiger partial charge on any atom is 0.315 e. The normalized spacial score (nSPS) is 39.9. The highest BCUT2D eigenvalue weighted by atomic mass is 16.2. The van der Waals surface area contributed by atoms with Gasteiger partial charge in [-0.1, -0.05) is 0 Å². The lowest BCUT2D eigenvalue weighted by molar-refractivity contribution is 0.227. The van der Waals surface area contributed by atoms with Gasteiger partial charge < -0.3 is 16.0 Å². The lowest BCUT2D eigenvalue weighted by atomic mass is 9.93. The van der Waals surface area contributed by atoms with Gasteiger partial charge in [-0.15, -0.1) is 0 Å². The van der Waals surface area contributed by atoms with E-state index < -0.39 is 0 Å². The van der Waals surface area contributed by atoms with Gasteiger partial charge in [-0.2, -0.15) is 0 Å². The second-order valence-electron chi connectivity index (χ2n) is 4.76. The van der Waals surface area contributed by atoms with Crippen molar-refractivity contribution >= 4 is 6.03 Å². The summed E-state index contributed by atoms with van der Waals surface area (Å²) in [6.07, 6.45) is 3.59. The maximum absolute atomic E-state index is 11.5. The first kappa shape index (κ1) is 8.53. The average Bonchev–Trinajstić information content (AvgIpc) is 2.61. The molecule has 4 nitrogen and oxygen atoms in total. The maximum atomic E-state index is 11.5. The van der Waals surface area contributed by atoms with Crippen LogP contribution in [0.1, 0.15) is 19.3 Å². The van der Waals surface area contributed by atoms with Crippen LogP contribution in [0.15, 0.2) is 0 Å². The fraction of sp³-hybridized carbons (Fsp3) is 0.900. The third-order valence-electron chi connectivity index (χ3n) is 3.83. The number of urea groups is 1. The van der Waals surface area contributed by atoms with Crippen LogP contribution < -0.4 is 16.0 Å². The molecular weight excluding hydrogens is 178 g/mol. The molecular formula is C10H17N3O. The second kappa shape index (κ2) is 3.12. The van der Waals surface area contributed by atoms with Crippen LogP contribution in [-0.2, 0) is 0 Å². The molecule has 2 atom stereocenters. The van der Waals surface area contributed by atoms with Crippen LogP contribution in [0.5, 0.6) is 0 Å². The molecule has 0 radical (unpaired) electrons. The van der Waals surface area contributed by atoms with Gasteiger partial charge >= 0.3 is 6.03 Å². The van der Waals surface area contributed by atoms with Gasteiger partial charge in [-0.05, 0) is 31.1 Å². The van der Waals surface area contributed by atoms with Crippen molar-refractivity contribution < 1.29 is 4.79 Å². The van der Waals surface area contributed by atoms with E-state index in [1.165, 1.54) is 6.42 Å². The van der Waals surface area contributed by atoms with Crippen LogP contribution >= 0.6 is 0 Å². The molecule has 1 aliphatic heterocycles. The molecule has 2 amide bonds. The van der Waals surface area contributed by atoms with E-state index in [0.29, 0.717) is 23.9 Å². The summed E-state index contributed by atoms with van der Waals surface area (Å²) in [4.78, 5) is 11.5. The van der Waals surface area contributed by atoms with E-state index in [1.807, 2.05) is 0 Å². The summed E-state index contributed by atoms with van der Waals surface area (Å²) in [6.45, 7) is 2.16. The number of piperidine rings is 1. The number of rotatable bonds is 2. The summed E-state index contributed by atoms with van der Waals surface area (Å²) in [5, 5.41) is 9.39. The number of amides is 2. The highest BCUT2D eigenvalue weighted by Crippen LogP contribution is 2.41. The smallest absolute Gasteiger partial charge is 0.315 e. The van der Waals surface area contributed by atoms with E-state index in [0.717, 1.165) is 25.9 Å². The fourth-order valence-electron chi connectivity index (χ4n) is 2.56. The van der Waals surface area contributed by atoms with Gasteiger partial charge in [-0.3, -0.25) is 0 Å². The molecule has 3 rings (SSSR count). The van der Waals surface area contributed by atoms with Crippen LogP contribution in [-0.4, -0.2) is 31.2 Å². The Morgan fingerprint density at radius 2 is 1.86 bits per heavy atom. The molecule has 3 N–H and O–H groups in total. The summed E-state index contributed by atoms with van der Waals surface area (Å²) in [5.74, 6) is 1.42. The molecule has 0 bridgehead atoms. The number of carbonyl (C=O) groups excluding carboxylic acids is 1. The predicted molar refractivity (Wildman–Crippen MR) is 52.9 cm³/mol. The quantitative estimate of drug-likeness (QED) is 0.583. The fourth-order valence-corrected chi connectivity index (χ4v) is 2.56. The van der Waals surface area contributed by atoms with Crippen molar-refractivity contribution in [3.63, 3.8) is 0 Å². The Kier molecular flexibility index (Phi) is 1.90. The molecule has 3 fully saturated rings. The van der Waals surface area contributed by atoms with Gasteiger partial charge in [0.15, 0.2) is 0 Å². The summed E-state index contributed by atoms with van der Waals surface area (Å²) in [6, 6.07) is 0.956. The first-order valence-corrected chi connectivity index (χ1v) is 5.62. The molecule has 0 aromatic carbocycles. The zero-order valence-electron chi connectivity index (χ0n) is 8.25. The van der Waals surface area contributed by atoms with Crippen molar-refractivity contribution in [3.05, 3.63) is 0 Å². The Hall–Kier alpha value is -0.770. The molecule has 1 heterocycles. The predicted octanol–water partition coefficient (Wildman–Crippen LogP) is 0.0559. The van der Waals surface area contributed by atoms with Crippen LogP contribution in [0, 0.1) is 11.8 Å². The Labute approximate surface area is 83.8 Å². The van der Waals surface area contributed by atoms with Gasteiger partial charge in [0.2, 0.25) is 0 Å². The van der Waals surface area contributed by atoms with Crippen molar-refractivity contribution in [2.75, 3.05) is 13.1 Å². The molecule has 0 aromatic rings. The van der Waals surface area contributed by atoms with Crippen LogP contribution in [0.25, 0.3) is 0 Å². The van der Waals surface area contributed by atoms with Gasteiger partial charge in [0.05, 0.1) is 0 Å². The van der Waals surface area contributed by atoms with E-state index >= 15 is 0 Å². The minimum Gasteiger partial charge on any atom is -0.335 e. The Morgan fingerprint density at radius 3 is 2.43 bits per heavy atom. The van der Waals surface area contributed by atoms with Crippen molar-refractivity contribution in [3.8, 4) is 0 Å². The number of hydrogen-bond donors (Lipinski definition) is 3. The average molecular weight is 195 g/mol. The first-order chi connectivity index (χ1) is 6.84. The minimum absolute atomic E-state index is 0.0501. The van der Waals surface area contributed by atoms with Crippen LogP contribution in [0.3, 0.4) is 0 Å². The van der Waals surface area contributed by atoms with Gasteiger partial charge in [0.25, 0.3) is 0 Å². The zero-order valence-corrected chi connectivity index (χ0v) is 8.25. The molecule has 2 saturated carbocycles. The lowest BCUT2D eigenvalue weighted by Crippen LogP contribution is -2.47. The van der Waals surface area contributed by atoms with Gasteiger partial charge in [-0.25, -0.2) is 4.79 Å². The molecule has 14 heavy (non-hydrogen) atoms. The van der Waals surface area contributed by atoms with Crippen LogP contribution in [0.2, 0.25) is 0 Å². The highest BCUT2D eigenvalue weighted by molar-refractivity contribution is 5.75. The molecule has 0 aromatic heterocycles. The van der Waals surface area contributed by atoms with Crippen molar-refractivity contribution in [1.82, 2.24) is 16.0 Å². The van der Waals surface area contributed by atoms with Crippen molar-refractivity contribution in [1.29, 1.82) is 0 Å². The largest absolute Gasteiger partial charge is 0.335 e. The summed E-state index contributed by atoms with van der Waals surface area (Å²) in [7, 11) is 0. The third kappa shape index (κ3) is 1.38. The number of fused-ring (bicyclic) bond motifs is 1.